The Morgan fingerprint density at radius 1 is 1.25 bits per heavy atom. The van der Waals surface area contributed by atoms with E-state index in [0.717, 1.165) is 17.6 Å². The van der Waals surface area contributed by atoms with Crippen molar-refractivity contribution in [1.29, 1.82) is 0 Å². The third-order valence-corrected chi connectivity index (χ3v) is 3.70. The predicted molar refractivity (Wildman–Crippen MR) is 64.4 cm³/mol. The molecule has 0 aliphatic rings. The Morgan fingerprint density at radius 2 is 1.92 bits per heavy atom. The Bertz CT molecular complexity index is 83.8. The summed E-state index contributed by atoms with van der Waals surface area (Å²) in [4.78, 5) is 0. The molecule has 0 nitrogen and oxygen atoms in total. The van der Waals surface area contributed by atoms with Crippen molar-refractivity contribution in [3.05, 3.63) is 0 Å². The molecule has 0 aliphatic carbocycles. The van der Waals surface area contributed by atoms with Gasteiger partial charge >= 0.3 is 0 Å². The van der Waals surface area contributed by atoms with Gasteiger partial charge in [-0.25, -0.2) is 0 Å². The Hall–Kier alpha value is 0.700. The molecule has 2 heteroatoms. The summed E-state index contributed by atoms with van der Waals surface area (Å²) < 4.78 is 0. The lowest BCUT2D eigenvalue weighted by Crippen LogP contribution is -2.18. The van der Waals surface area contributed by atoms with Gasteiger partial charge in [0.1, 0.15) is 0 Å². The molecule has 2 unspecified atom stereocenters. The zero-order valence-corrected chi connectivity index (χ0v) is 10.3. The van der Waals surface area contributed by atoms with Crippen molar-refractivity contribution < 1.29 is 0 Å². The van der Waals surface area contributed by atoms with Crippen LogP contribution in [0, 0.1) is 11.8 Å². The molecule has 0 fully saturated rings. The fourth-order valence-electron chi connectivity index (χ4n) is 1.65. The van der Waals surface area contributed by atoms with E-state index in [4.69, 9.17) is 0 Å². The highest BCUT2D eigenvalue weighted by Crippen LogP contribution is 2.25. The molecule has 0 aromatic rings. The summed E-state index contributed by atoms with van der Waals surface area (Å²) >= 11 is 6.39. The van der Waals surface area contributed by atoms with Crippen LogP contribution in [0.1, 0.15) is 33.1 Å². The van der Waals surface area contributed by atoms with Crippen LogP contribution in [-0.4, -0.2) is 17.8 Å². The van der Waals surface area contributed by atoms with Crippen molar-refractivity contribution in [1.82, 2.24) is 0 Å². The van der Waals surface area contributed by atoms with E-state index in [1.165, 1.54) is 25.0 Å². The van der Waals surface area contributed by atoms with Gasteiger partial charge in [0, 0.05) is 0 Å². The average molecular weight is 206 g/mol. The zero-order chi connectivity index (χ0) is 9.40. The van der Waals surface area contributed by atoms with E-state index in [1.54, 1.807) is 0 Å². The maximum absolute atomic E-state index is 4.41. The molecule has 0 bridgehead atoms. The fraction of sp³-hybridized carbons (Fsp3) is 1.00. The van der Waals surface area contributed by atoms with Crippen LogP contribution < -0.4 is 0 Å². The highest BCUT2D eigenvalue weighted by molar-refractivity contribution is 7.98. The average Bonchev–Trinajstić information content (AvgIpc) is 2.07. The first kappa shape index (κ1) is 12.7. The van der Waals surface area contributed by atoms with Crippen molar-refractivity contribution in [2.45, 2.75) is 33.1 Å². The highest BCUT2D eigenvalue weighted by atomic mass is 32.2. The first-order chi connectivity index (χ1) is 5.79. The van der Waals surface area contributed by atoms with Gasteiger partial charge in [-0.3, -0.25) is 0 Å². The standard InChI is InChI=1S/C10H22S2/c1-4-6-10(8-12-3)9(5-2)7-11/h9-11H,4-8H2,1-3H3. The van der Waals surface area contributed by atoms with Gasteiger partial charge in [0.2, 0.25) is 0 Å². The van der Waals surface area contributed by atoms with Gasteiger partial charge in [-0.1, -0.05) is 26.7 Å². The topological polar surface area (TPSA) is 0 Å². The van der Waals surface area contributed by atoms with Crippen molar-refractivity contribution >= 4 is 24.4 Å². The molecule has 0 N–H and O–H groups in total. The molecule has 0 amide bonds. The van der Waals surface area contributed by atoms with Gasteiger partial charge in [0.15, 0.2) is 0 Å². The Balaban J connectivity index is 3.86. The van der Waals surface area contributed by atoms with Crippen molar-refractivity contribution in [3.63, 3.8) is 0 Å². The smallest absolute Gasteiger partial charge is 0.00390 e. The Kier molecular flexibility index (Phi) is 8.79. The van der Waals surface area contributed by atoms with Gasteiger partial charge in [0.25, 0.3) is 0 Å². The van der Waals surface area contributed by atoms with E-state index in [2.05, 4.69) is 32.7 Å². The van der Waals surface area contributed by atoms with Crippen LogP contribution in [0.5, 0.6) is 0 Å². The van der Waals surface area contributed by atoms with Gasteiger partial charge in [-0.05, 0) is 36.0 Å². The van der Waals surface area contributed by atoms with Crippen LogP contribution in [0.4, 0.5) is 0 Å². The molecule has 12 heavy (non-hydrogen) atoms. The third-order valence-electron chi connectivity index (χ3n) is 2.47. The van der Waals surface area contributed by atoms with Crippen molar-refractivity contribution in [3.8, 4) is 0 Å². The maximum Gasteiger partial charge on any atom is -0.00390 e. The largest absolute Gasteiger partial charge is 0.179 e. The summed E-state index contributed by atoms with van der Waals surface area (Å²) in [6, 6.07) is 0. The van der Waals surface area contributed by atoms with Gasteiger partial charge in [0.05, 0.1) is 0 Å². The predicted octanol–water partition coefficient (Wildman–Crippen LogP) is 3.72. The zero-order valence-electron chi connectivity index (χ0n) is 8.55. The monoisotopic (exact) mass is 206 g/mol. The quantitative estimate of drug-likeness (QED) is 0.619. The molecule has 0 aliphatic heterocycles. The van der Waals surface area contributed by atoms with Gasteiger partial charge in [-0.2, -0.15) is 24.4 Å². The van der Waals surface area contributed by atoms with Crippen LogP contribution in [0.3, 0.4) is 0 Å². The molecule has 0 radical (unpaired) electrons. The van der Waals surface area contributed by atoms with Crippen LogP contribution in [-0.2, 0) is 0 Å². The SMILES string of the molecule is CCCC(CSC)C(CC)CS. The minimum absolute atomic E-state index is 0.834. The molecule has 74 valence electrons. The summed E-state index contributed by atoms with van der Waals surface area (Å²) in [6.07, 6.45) is 6.18. The normalized spacial score (nSPS) is 16.0. The van der Waals surface area contributed by atoms with E-state index in [-0.39, 0.29) is 0 Å². The number of thioether (sulfide) groups is 1. The van der Waals surface area contributed by atoms with Gasteiger partial charge < -0.3 is 0 Å². The summed E-state index contributed by atoms with van der Waals surface area (Å²) in [5.74, 6) is 4.10. The highest BCUT2D eigenvalue weighted by Gasteiger charge is 2.16. The van der Waals surface area contributed by atoms with E-state index in [9.17, 15) is 0 Å². The van der Waals surface area contributed by atoms with Gasteiger partial charge in [-0.15, -0.1) is 0 Å². The van der Waals surface area contributed by atoms with Crippen molar-refractivity contribution in [2.24, 2.45) is 11.8 Å². The Morgan fingerprint density at radius 3 is 2.25 bits per heavy atom. The van der Waals surface area contributed by atoms with E-state index < -0.39 is 0 Å². The minimum Gasteiger partial charge on any atom is -0.179 e. The lowest BCUT2D eigenvalue weighted by atomic mass is 9.89. The van der Waals surface area contributed by atoms with E-state index in [0.29, 0.717) is 0 Å². The summed E-state index contributed by atoms with van der Waals surface area (Å²) in [5.41, 5.74) is 0. The van der Waals surface area contributed by atoms with E-state index >= 15 is 0 Å². The molecule has 0 saturated heterocycles. The van der Waals surface area contributed by atoms with E-state index in [1.807, 2.05) is 11.8 Å². The lowest BCUT2D eigenvalue weighted by Gasteiger charge is -2.23. The molecule has 0 rings (SSSR count). The first-order valence-corrected chi connectivity index (χ1v) is 6.92. The second-order valence-electron chi connectivity index (χ2n) is 3.35. The molecule has 0 saturated carbocycles. The molecular formula is C10H22S2. The Labute approximate surface area is 87.3 Å². The summed E-state index contributed by atoms with van der Waals surface area (Å²) in [5, 5.41) is 0. The second kappa shape index (κ2) is 8.31. The van der Waals surface area contributed by atoms with Crippen molar-refractivity contribution in [2.75, 3.05) is 17.8 Å². The molecule has 2 atom stereocenters. The number of hydrogen-bond donors (Lipinski definition) is 1. The number of thiol groups is 1. The second-order valence-corrected chi connectivity index (χ2v) is 4.63. The van der Waals surface area contributed by atoms with Crippen LogP contribution >= 0.6 is 24.4 Å². The molecule has 0 aromatic carbocycles. The number of rotatable bonds is 7. The minimum atomic E-state index is 0.834. The first-order valence-electron chi connectivity index (χ1n) is 4.89. The van der Waals surface area contributed by atoms with Crippen LogP contribution in [0.15, 0.2) is 0 Å². The summed E-state index contributed by atoms with van der Waals surface area (Å²) in [6.45, 7) is 4.56. The molecular weight excluding hydrogens is 184 g/mol. The molecule has 0 spiro atoms. The molecule has 0 aromatic heterocycles. The maximum atomic E-state index is 4.41. The van der Waals surface area contributed by atoms with Crippen LogP contribution in [0.2, 0.25) is 0 Å². The summed E-state index contributed by atoms with van der Waals surface area (Å²) in [7, 11) is 0. The van der Waals surface area contributed by atoms with Crippen LogP contribution in [0.25, 0.3) is 0 Å². The number of hydrogen-bond acceptors (Lipinski definition) is 2. The lowest BCUT2D eigenvalue weighted by molar-refractivity contribution is 0.365. The fourth-order valence-corrected chi connectivity index (χ4v) is 3.07. The molecule has 0 heterocycles. The third kappa shape index (κ3) is 4.66.